The molecule has 146 valence electrons. The third-order valence-electron chi connectivity index (χ3n) is 6.26. The van der Waals surface area contributed by atoms with Gasteiger partial charge in [0.2, 0.25) is 0 Å². The molecule has 1 aliphatic carbocycles. The van der Waals surface area contributed by atoms with Crippen LogP contribution in [0, 0.1) is 5.92 Å². The van der Waals surface area contributed by atoms with Crippen molar-refractivity contribution in [3.05, 3.63) is 58.6 Å². The second-order valence-corrected chi connectivity index (χ2v) is 8.38. The molecule has 0 bridgehead atoms. The van der Waals surface area contributed by atoms with E-state index >= 15 is 0 Å². The first kappa shape index (κ1) is 17.9. The number of nitrogens with zero attached hydrogens (tertiary/aromatic N) is 2. The Hall–Kier alpha value is -2.20. The number of ether oxygens (including phenoxy) is 2. The number of methoxy groups -OCH3 is 1. The highest BCUT2D eigenvalue weighted by molar-refractivity contribution is 6.30. The van der Waals surface area contributed by atoms with Crippen LogP contribution in [0.1, 0.15) is 55.7 Å². The summed E-state index contributed by atoms with van der Waals surface area (Å²) in [4.78, 5) is 0. The summed E-state index contributed by atoms with van der Waals surface area (Å²) >= 11 is 6.08. The fraction of sp³-hybridized carbons (Fsp3) is 0.435. The summed E-state index contributed by atoms with van der Waals surface area (Å²) in [5.74, 6) is 2.22. The number of halogens is 1. The van der Waals surface area contributed by atoms with E-state index in [-0.39, 0.29) is 12.3 Å². The zero-order valence-electron chi connectivity index (χ0n) is 16.1. The first-order valence-electron chi connectivity index (χ1n) is 10.2. The Morgan fingerprint density at radius 2 is 1.86 bits per heavy atom. The van der Waals surface area contributed by atoms with Crippen LogP contribution in [0.3, 0.4) is 0 Å². The fourth-order valence-electron chi connectivity index (χ4n) is 4.82. The first-order chi connectivity index (χ1) is 13.7. The summed E-state index contributed by atoms with van der Waals surface area (Å²) in [6.45, 7) is 0. The molecule has 0 saturated heterocycles. The highest BCUT2D eigenvalue weighted by Crippen LogP contribution is 2.49. The van der Waals surface area contributed by atoms with Gasteiger partial charge in [-0.3, -0.25) is 0 Å². The van der Waals surface area contributed by atoms with Crippen molar-refractivity contribution in [2.24, 2.45) is 11.0 Å². The smallest absolute Gasteiger partial charge is 0.190 e. The average molecular weight is 397 g/mol. The molecule has 5 rings (SSSR count). The Labute approximate surface area is 171 Å². The van der Waals surface area contributed by atoms with Crippen LogP contribution in [0.15, 0.2) is 47.6 Å². The Morgan fingerprint density at radius 3 is 2.61 bits per heavy atom. The SMILES string of the molecule is COc1cccc2c1O[C@H](C1CCCCC1)N1N=C(c3ccc(Cl)cc3)C[C@@H]21. The van der Waals surface area contributed by atoms with Gasteiger partial charge in [0.05, 0.1) is 18.9 Å². The van der Waals surface area contributed by atoms with E-state index in [0.29, 0.717) is 5.92 Å². The lowest BCUT2D eigenvalue weighted by Crippen LogP contribution is -2.46. The molecule has 2 atom stereocenters. The molecule has 0 N–H and O–H groups in total. The lowest BCUT2D eigenvalue weighted by Gasteiger charge is -2.43. The van der Waals surface area contributed by atoms with Crippen molar-refractivity contribution in [1.29, 1.82) is 0 Å². The third kappa shape index (κ3) is 3.04. The molecule has 2 aromatic carbocycles. The molecule has 3 aliphatic rings. The van der Waals surface area contributed by atoms with Crippen molar-refractivity contribution >= 4 is 17.3 Å². The quantitative estimate of drug-likeness (QED) is 0.657. The van der Waals surface area contributed by atoms with Gasteiger partial charge in [-0.05, 0) is 36.6 Å². The zero-order chi connectivity index (χ0) is 19.1. The number of para-hydroxylation sites is 1. The van der Waals surface area contributed by atoms with Crippen LogP contribution in [-0.2, 0) is 0 Å². The molecule has 0 aromatic heterocycles. The van der Waals surface area contributed by atoms with Gasteiger partial charge in [0, 0.05) is 22.9 Å². The Bertz CT molecular complexity index is 890. The molecule has 5 heteroatoms. The molecule has 0 spiro atoms. The number of rotatable bonds is 3. The van der Waals surface area contributed by atoms with Gasteiger partial charge in [-0.15, -0.1) is 0 Å². The van der Waals surface area contributed by atoms with Crippen LogP contribution in [0.4, 0.5) is 0 Å². The lowest BCUT2D eigenvalue weighted by molar-refractivity contribution is -0.0656. The van der Waals surface area contributed by atoms with E-state index in [1.165, 1.54) is 37.7 Å². The van der Waals surface area contributed by atoms with Crippen LogP contribution in [0.2, 0.25) is 5.02 Å². The minimum Gasteiger partial charge on any atom is -0.493 e. The van der Waals surface area contributed by atoms with Gasteiger partial charge in [-0.2, -0.15) is 5.10 Å². The van der Waals surface area contributed by atoms with Gasteiger partial charge < -0.3 is 9.47 Å². The summed E-state index contributed by atoms with van der Waals surface area (Å²) in [5, 5.41) is 8.03. The van der Waals surface area contributed by atoms with E-state index in [1.54, 1.807) is 7.11 Å². The molecule has 2 aromatic rings. The van der Waals surface area contributed by atoms with Crippen molar-refractivity contribution in [2.45, 2.75) is 50.8 Å². The molecule has 0 radical (unpaired) electrons. The van der Waals surface area contributed by atoms with Crippen LogP contribution in [0.25, 0.3) is 0 Å². The molecule has 2 aliphatic heterocycles. The predicted octanol–water partition coefficient (Wildman–Crippen LogP) is 5.80. The highest BCUT2D eigenvalue weighted by atomic mass is 35.5. The first-order valence-corrected chi connectivity index (χ1v) is 10.6. The summed E-state index contributed by atoms with van der Waals surface area (Å²) in [6.07, 6.45) is 7.11. The Balaban J connectivity index is 1.55. The molecule has 1 fully saturated rings. The van der Waals surface area contributed by atoms with Crippen molar-refractivity contribution in [3.63, 3.8) is 0 Å². The van der Waals surface area contributed by atoms with E-state index < -0.39 is 0 Å². The van der Waals surface area contributed by atoms with Gasteiger partial charge >= 0.3 is 0 Å². The molecule has 28 heavy (non-hydrogen) atoms. The maximum atomic E-state index is 6.58. The normalized spacial score (nSPS) is 24.2. The fourth-order valence-corrected chi connectivity index (χ4v) is 4.95. The van der Waals surface area contributed by atoms with E-state index in [4.69, 9.17) is 26.2 Å². The Morgan fingerprint density at radius 1 is 1.07 bits per heavy atom. The third-order valence-corrected chi connectivity index (χ3v) is 6.51. The van der Waals surface area contributed by atoms with Crippen molar-refractivity contribution in [2.75, 3.05) is 7.11 Å². The summed E-state index contributed by atoms with van der Waals surface area (Å²) in [6, 6.07) is 14.4. The van der Waals surface area contributed by atoms with Gasteiger partial charge in [0.1, 0.15) is 0 Å². The molecular weight excluding hydrogens is 372 g/mol. The Kier molecular flexibility index (Phi) is 4.67. The molecular formula is C23H25ClN2O2. The number of benzene rings is 2. The van der Waals surface area contributed by atoms with Gasteiger partial charge in [0.25, 0.3) is 0 Å². The van der Waals surface area contributed by atoms with Crippen molar-refractivity contribution in [1.82, 2.24) is 5.01 Å². The van der Waals surface area contributed by atoms with E-state index in [9.17, 15) is 0 Å². The van der Waals surface area contributed by atoms with Gasteiger partial charge in [-0.1, -0.05) is 55.1 Å². The van der Waals surface area contributed by atoms with Crippen LogP contribution in [0.5, 0.6) is 11.5 Å². The second kappa shape index (κ2) is 7.32. The van der Waals surface area contributed by atoms with Crippen molar-refractivity contribution < 1.29 is 9.47 Å². The predicted molar refractivity (Wildman–Crippen MR) is 111 cm³/mol. The van der Waals surface area contributed by atoms with E-state index in [1.807, 2.05) is 24.3 Å². The average Bonchev–Trinajstić information content (AvgIpc) is 3.19. The minimum absolute atomic E-state index is 0.0288. The molecule has 2 heterocycles. The number of hydrogen-bond acceptors (Lipinski definition) is 4. The molecule has 1 saturated carbocycles. The maximum Gasteiger partial charge on any atom is 0.190 e. The standard InChI is InChI=1S/C23H25ClN2O2/c1-27-21-9-5-8-18-20-14-19(15-10-12-17(24)13-11-15)25-26(20)23(28-22(18)21)16-6-3-2-4-7-16/h5,8-13,16,20,23H,2-4,6-7,14H2,1H3/t20-,23+/m0/s1. The monoisotopic (exact) mass is 396 g/mol. The van der Waals surface area contributed by atoms with E-state index in [2.05, 4.69) is 23.2 Å². The number of hydrogen-bond donors (Lipinski definition) is 0. The van der Waals surface area contributed by atoms with Crippen LogP contribution in [-0.4, -0.2) is 24.1 Å². The minimum atomic E-state index is -0.0288. The van der Waals surface area contributed by atoms with Crippen LogP contribution < -0.4 is 9.47 Å². The lowest BCUT2D eigenvalue weighted by atomic mass is 9.86. The summed E-state index contributed by atoms with van der Waals surface area (Å²) < 4.78 is 12.2. The van der Waals surface area contributed by atoms with E-state index in [0.717, 1.165) is 34.2 Å². The summed E-state index contributed by atoms with van der Waals surface area (Å²) in [7, 11) is 1.71. The number of hydrazone groups is 1. The summed E-state index contributed by atoms with van der Waals surface area (Å²) in [5.41, 5.74) is 3.39. The molecule has 0 unspecified atom stereocenters. The highest BCUT2D eigenvalue weighted by Gasteiger charge is 2.44. The maximum absolute atomic E-state index is 6.58. The molecule has 4 nitrogen and oxygen atoms in total. The zero-order valence-corrected chi connectivity index (χ0v) is 16.9. The largest absolute Gasteiger partial charge is 0.493 e. The van der Waals surface area contributed by atoms with Crippen LogP contribution >= 0.6 is 11.6 Å². The second-order valence-electron chi connectivity index (χ2n) is 7.94. The topological polar surface area (TPSA) is 34.1 Å². The van der Waals surface area contributed by atoms with Crippen molar-refractivity contribution in [3.8, 4) is 11.5 Å². The molecule has 0 amide bonds. The van der Waals surface area contributed by atoms with Gasteiger partial charge in [0.15, 0.2) is 17.7 Å². The number of fused-ring (bicyclic) bond motifs is 3. The van der Waals surface area contributed by atoms with Gasteiger partial charge in [-0.25, -0.2) is 5.01 Å².